The molecule has 1 heteroatoms. The Morgan fingerprint density at radius 1 is 1.19 bits per heavy atom. The van der Waals surface area contributed by atoms with Crippen molar-refractivity contribution in [1.29, 1.82) is 0 Å². The topological polar surface area (TPSA) is 17.1 Å². The third kappa shape index (κ3) is 2.75. The Hall–Kier alpha value is -0.590. The highest BCUT2D eigenvalue weighted by atomic mass is 16.1. The van der Waals surface area contributed by atoms with Gasteiger partial charge < -0.3 is 0 Å². The molecule has 0 aliphatic heterocycles. The molecule has 1 nitrogen and oxygen atoms in total. The number of rotatable bonds is 7. The van der Waals surface area contributed by atoms with Gasteiger partial charge in [0.2, 0.25) is 0 Å². The quantitative estimate of drug-likeness (QED) is 0.466. The zero-order valence-electron chi connectivity index (χ0n) is 10.3. The van der Waals surface area contributed by atoms with Gasteiger partial charge in [-0.25, -0.2) is 0 Å². The van der Waals surface area contributed by atoms with E-state index in [1.165, 1.54) is 38.5 Å². The minimum absolute atomic E-state index is 0.457. The Kier molecular flexibility index (Phi) is 4.20. The fourth-order valence-electron chi connectivity index (χ4n) is 3.59. The van der Waals surface area contributed by atoms with Crippen LogP contribution < -0.4 is 0 Å². The van der Waals surface area contributed by atoms with Crippen molar-refractivity contribution in [2.75, 3.05) is 0 Å². The van der Waals surface area contributed by atoms with Crippen LogP contribution in [-0.4, -0.2) is 5.78 Å². The lowest BCUT2D eigenvalue weighted by Gasteiger charge is -2.20. The van der Waals surface area contributed by atoms with E-state index in [2.05, 4.69) is 6.58 Å². The average molecular weight is 220 g/mol. The highest BCUT2D eigenvalue weighted by Gasteiger charge is 2.42. The van der Waals surface area contributed by atoms with Crippen molar-refractivity contribution in [3.63, 3.8) is 0 Å². The van der Waals surface area contributed by atoms with E-state index < -0.39 is 0 Å². The van der Waals surface area contributed by atoms with Crippen LogP contribution in [0.25, 0.3) is 0 Å². The number of carbonyl (C=O) groups excluding carboxylic acids is 1. The number of allylic oxidation sites excluding steroid dienone is 1. The molecule has 0 aromatic heterocycles. The first-order valence-electron chi connectivity index (χ1n) is 6.95. The second-order valence-corrected chi connectivity index (χ2v) is 5.64. The van der Waals surface area contributed by atoms with Crippen LogP contribution in [0, 0.1) is 17.8 Å². The number of carbonyl (C=O) groups is 1. The summed E-state index contributed by atoms with van der Waals surface area (Å²) in [5.41, 5.74) is 0. The number of fused-ring (bicyclic) bond motifs is 2. The molecule has 3 atom stereocenters. The van der Waals surface area contributed by atoms with Crippen LogP contribution in [0.1, 0.15) is 57.8 Å². The molecule has 0 aromatic carbocycles. The lowest BCUT2D eigenvalue weighted by molar-refractivity contribution is -0.124. The molecule has 16 heavy (non-hydrogen) atoms. The molecule has 0 amide bonds. The van der Waals surface area contributed by atoms with E-state index in [4.69, 9.17) is 0 Å². The average Bonchev–Trinajstić information content (AvgIpc) is 2.90. The van der Waals surface area contributed by atoms with Crippen LogP contribution in [0.15, 0.2) is 12.7 Å². The van der Waals surface area contributed by atoms with Crippen LogP contribution in [-0.2, 0) is 4.79 Å². The molecule has 0 saturated heterocycles. The summed E-state index contributed by atoms with van der Waals surface area (Å²) in [7, 11) is 0. The van der Waals surface area contributed by atoms with Gasteiger partial charge in [0, 0.05) is 12.3 Å². The van der Waals surface area contributed by atoms with E-state index in [1.54, 1.807) is 0 Å². The maximum absolute atomic E-state index is 12.0. The largest absolute Gasteiger partial charge is 0.299 e. The first-order chi connectivity index (χ1) is 7.81. The van der Waals surface area contributed by atoms with E-state index in [-0.39, 0.29) is 0 Å². The summed E-state index contributed by atoms with van der Waals surface area (Å²) in [5, 5.41) is 0. The lowest BCUT2D eigenvalue weighted by Crippen LogP contribution is -2.20. The van der Waals surface area contributed by atoms with Gasteiger partial charge in [-0.15, -0.1) is 6.58 Å². The number of ketones is 1. The first kappa shape index (κ1) is 11.9. The molecular formula is C15H24O. The molecule has 2 saturated carbocycles. The van der Waals surface area contributed by atoms with Gasteiger partial charge in [-0.1, -0.05) is 18.9 Å². The number of Topliss-reactive ketones (excluding diaryl/α,β-unsaturated/α-hetero) is 1. The van der Waals surface area contributed by atoms with Gasteiger partial charge in [0.25, 0.3) is 0 Å². The van der Waals surface area contributed by atoms with Gasteiger partial charge in [-0.05, 0) is 50.4 Å². The molecule has 0 spiro atoms. The standard InChI is InChI=1S/C15H24O/c1-2-3-4-5-6-7-15(16)14-11-12-8-9-13(14)10-12/h2,12-14H,1,3-11H2. The molecule has 0 aromatic rings. The van der Waals surface area contributed by atoms with Gasteiger partial charge >= 0.3 is 0 Å². The molecule has 2 bridgehead atoms. The van der Waals surface area contributed by atoms with Crippen molar-refractivity contribution in [2.24, 2.45) is 17.8 Å². The van der Waals surface area contributed by atoms with E-state index in [9.17, 15) is 4.79 Å². The van der Waals surface area contributed by atoms with Gasteiger partial charge in [0.1, 0.15) is 5.78 Å². The molecule has 2 fully saturated rings. The normalized spacial score (nSPS) is 31.9. The predicted molar refractivity (Wildman–Crippen MR) is 67.2 cm³/mol. The van der Waals surface area contributed by atoms with Crippen LogP contribution in [0.4, 0.5) is 0 Å². The molecular weight excluding hydrogens is 196 g/mol. The Morgan fingerprint density at radius 3 is 2.69 bits per heavy atom. The summed E-state index contributed by atoms with van der Waals surface area (Å²) in [6.45, 7) is 3.72. The third-order valence-electron chi connectivity index (χ3n) is 4.48. The van der Waals surface area contributed by atoms with Crippen LogP contribution in [0.2, 0.25) is 0 Å². The van der Waals surface area contributed by atoms with Crippen molar-refractivity contribution in [2.45, 2.75) is 57.8 Å². The van der Waals surface area contributed by atoms with E-state index >= 15 is 0 Å². The lowest BCUT2D eigenvalue weighted by atomic mass is 9.84. The summed E-state index contributed by atoms with van der Waals surface area (Å²) in [5.74, 6) is 2.70. The highest BCUT2D eigenvalue weighted by Crippen LogP contribution is 2.48. The van der Waals surface area contributed by atoms with Gasteiger partial charge in [-0.2, -0.15) is 0 Å². The Balaban J connectivity index is 1.63. The summed E-state index contributed by atoms with van der Waals surface area (Å²) >= 11 is 0. The maximum atomic E-state index is 12.0. The fraction of sp³-hybridized carbons (Fsp3) is 0.800. The molecule has 2 aliphatic carbocycles. The smallest absolute Gasteiger partial charge is 0.136 e. The molecule has 90 valence electrons. The predicted octanol–water partition coefficient (Wildman–Crippen LogP) is 4.13. The summed E-state index contributed by atoms with van der Waals surface area (Å²) < 4.78 is 0. The zero-order chi connectivity index (χ0) is 11.4. The summed E-state index contributed by atoms with van der Waals surface area (Å²) in [6.07, 6.45) is 12.7. The van der Waals surface area contributed by atoms with E-state index in [0.717, 1.165) is 31.1 Å². The van der Waals surface area contributed by atoms with Crippen LogP contribution >= 0.6 is 0 Å². The molecule has 2 aliphatic rings. The Morgan fingerprint density at radius 2 is 2.06 bits per heavy atom. The van der Waals surface area contributed by atoms with Crippen LogP contribution in [0.3, 0.4) is 0 Å². The Labute approximate surface area is 99.3 Å². The van der Waals surface area contributed by atoms with E-state index in [1.807, 2.05) is 6.08 Å². The Bertz CT molecular complexity index is 256. The van der Waals surface area contributed by atoms with Crippen molar-refractivity contribution >= 4 is 5.78 Å². The van der Waals surface area contributed by atoms with Gasteiger partial charge in [0.05, 0.1) is 0 Å². The second kappa shape index (κ2) is 5.65. The summed E-state index contributed by atoms with van der Waals surface area (Å²) in [4.78, 5) is 12.0. The minimum Gasteiger partial charge on any atom is -0.299 e. The molecule has 0 heterocycles. The molecule has 2 rings (SSSR count). The highest BCUT2D eigenvalue weighted by molar-refractivity contribution is 5.81. The first-order valence-corrected chi connectivity index (χ1v) is 6.95. The SMILES string of the molecule is C=CCCCCCC(=O)C1CC2CCC1C2. The van der Waals surface area contributed by atoms with Crippen molar-refractivity contribution < 1.29 is 4.79 Å². The zero-order valence-corrected chi connectivity index (χ0v) is 10.3. The number of hydrogen-bond acceptors (Lipinski definition) is 1. The maximum Gasteiger partial charge on any atom is 0.136 e. The third-order valence-corrected chi connectivity index (χ3v) is 4.48. The molecule has 0 radical (unpaired) electrons. The fourth-order valence-corrected chi connectivity index (χ4v) is 3.59. The number of hydrogen-bond donors (Lipinski definition) is 0. The second-order valence-electron chi connectivity index (χ2n) is 5.64. The minimum atomic E-state index is 0.457. The van der Waals surface area contributed by atoms with Crippen LogP contribution in [0.5, 0.6) is 0 Å². The monoisotopic (exact) mass is 220 g/mol. The van der Waals surface area contributed by atoms with Gasteiger partial charge in [0.15, 0.2) is 0 Å². The molecule has 3 unspecified atom stereocenters. The molecule has 0 N–H and O–H groups in total. The van der Waals surface area contributed by atoms with Crippen molar-refractivity contribution in [3.05, 3.63) is 12.7 Å². The van der Waals surface area contributed by atoms with E-state index in [0.29, 0.717) is 11.7 Å². The van der Waals surface area contributed by atoms with Crippen molar-refractivity contribution in [3.8, 4) is 0 Å². The number of unbranched alkanes of at least 4 members (excludes halogenated alkanes) is 3. The van der Waals surface area contributed by atoms with Crippen molar-refractivity contribution in [1.82, 2.24) is 0 Å². The van der Waals surface area contributed by atoms with Gasteiger partial charge in [-0.3, -0.25) is 4.79 Å². The summed E-state index contributed by atoms with van der Waals surface area (Å²) in [6, 6.07) is 0.